The summed E-state index contributed by atoms with van der Waals surface area (Å²) in [6.45, 7) is 12.8. The molecule has 0 saturated carbocycles. The molecule has 1 aromatic rings. The first-order valence-corrected chi connectivity index (χ1v) is 6.44. The minimum absolute atomic E-state index is 0.597. The molecular formula is C13H25N3O. The normalized spacial score (nSPS) is 11.4. The van der Waals surface area contributed by atoms with E-state index in [0.29, 0.717) is 5.92 Å². The van der Waals surface area contributed by atoms with Crippen molar-refractivity contribution >= 4 is 0 Å². The summed E-state index contributed by atoms with van der Waals surface area (Å²) >= 11 is 0. The maximum Gasteiger partial charge on any atom is 0.105 e. The lowest BCUT2D eigenvalue weighted by Gasteiger charge is -2.12. The van der Waals surface area contributed by atoms with Gasteiger partial charge in [0.2, 0.25) is 0 Å². The first kappa shape index (κ1) is 14.2. The van der Waals surface area contributed by atoms with Crippen LogP contribution in [-0.2, 0) is 17.8 Å². The molecule has 0 aliphatic heterocycles. The van der Waals surface area contributed by atoms with E-state index < -0.39 is 0 Å². The molecule has 17 heavy (non-hydrogen) atoms. The van der Waals surface area contributed by atoms with Crippen LogP contribution >= 0.6 is 0 Å². The highest BCUT2D eigenvalue weighted by atomic mass is 16.5. The summed E-state index contributed by atoms with van der Waals surface area (Å²) in [7, 11) is 0. The van der Waals surface area contributed by atoms with Crippen molar-refractivity contribution in [1.82, 2.24) is 14.9 Å². The predicted octanol–water partition coefficient (Wildman–Crippen LogP) is 1.97. The van der Waals surface area contributed by atoms with Gasteiger partial charge in [-0.15, -0.1) is 0 Å². The number of nitrogens with one attached hydrogen (secondary N) is 1. The summed E-state index contributed by atoms with van der Waals surface area (Å²) < 4.78 is 7.84. The van der Waals surface area contributed by atoms with Gasteiger partial charge in [0, 0.05) is 25.9 Å². The fraction of sp³-hybridized carbons (Fsp3) is 0.769. The maximum atomic E-state index is 5.61. The minimum atomic E-state index is 0.597. The summed E-state index contributed by atoms with van der Waals surface area (Å²) in [5, 5.41) is 3.33. The third kappa shape index (κ3) is 4.88. The van der Waals surface area contributed by atoms with Crippen LogP contribution in [0.5, 0.6) is 0 Å². The first-order valence-electron chi connectivity index (χ1n) is 6.44. The van der Waals surface area contributed by atoms with Crippen molar-refractivity contribution < 1.29 is 4.74 Å². The van der Waals surface area contributed by atoms with Gasteiger partial charge in [-0.05, 0) is 19.4 Å². The van der Waals surface area contributed by atoms with E-state index in [-0.39, 0.29) is 0 Å². The van der Waals surface area contributed by atoms with Gasteiger partial charge in [0.25, 0.3) is 0 Å². The van der Waals surface area contributed by atoms with E-state index >= 15 is 0 Å². The Hall–Kier alpha value is -0.870. The summed E-state index contributed by atoms with van der Waals surface area (Å²) in [6.07, 6.45) is 1.94. The Morgan fingerprint density at radius 1 is 1.47 bits per heavy atom. The lowest BCUT2D eigenvalue weighted by molar-refractivity contribution is 0.102. The van der Waals surface area contributed by atoms with Gasteiger partial charge < -0.3 is 14.6 Å². The summed E-state index contributed by atoms with van der Waals surface area (Å²) in [4.78, 5) is 4.35. The minimum Gasteiger partial charge on any atom is -0.379 e. The van der Waals surface area contributed by atoms with Crippen LogP contribution in [0.1, 0.15) is 32.3 Å². The standard InChI is InChI=1S/C13H25N3O/c1-5-14-8-13-9-15-12(4)16(13)6-7-17-10-11(2)3/h9,11,14H,5-8,10H2,1-4H3. The number of aromatic nitrogens is 2. The van der Waals surface area contributed by atoms with Crippen molar-refractivity contribution in [2.75, 3.05) is 19.8 Å². The van der Waals surface area contributed by atoms with Gasteiger partial charge >= 0.3 is 0 Å². The zero-order chi connectivity index (χ0) is 12.7. The van der Waals surface area contributed by atoms with Gasteiger partial charge in [-0.3, -0.25) is 0 Å². The van der Waals surface area contributed by atoms with Crippen molar-refractivity contribution in [3.63, 3.8) is 0 Å². The van der Waals surface area contributed by atoms with E-state index in [1.807, 2.05) is 13.1 Å². The van der Waals surface area contributed by atoms with Crippen molar-refractivity contribution in [3.05, 3.63) is 17.7 Å². The summed E-state index contributed by atoms with van der Waals surface area (Å²) in [6, 6.07) is 0. The van der Waals surface area contributed by atoms with Gasteiger partial charge in [-0.25, -0.2) is 4.98 Å². The van der Waals surface area contributed by atoms with E-state index in [9.17, 15) is 0 Å². The van der Waals surface area contributed by atoms with Crippen molar-refractivity contribution in [2.24, 2.45) is 5.92 Å². The van der Waals surface area contributed by atoms with E-state index in [1.165, 1.54) is 5.69 Å². The number of nitrogens with zero attached hydrogens (tertiary/aromatic N) is 2. The first-order chi connectivity index (χ1) is 8.15. The van der Waals surface area contributed by atoms with Crippen LogP contribution < -0.4 is 5.32 Å². The Kier molecular flexibility index (Phi) is 6.22. The Labute approximate surface area is 104 Å². The molecule has 0 amide bonds. The smallest absolute Gasteiger partial charge is 0.105 e. The molecule has 0 aliphatic carbocycles. The number of rotatable bonds is 8. The number of imidazole rings is 1. The lowest BCUT2D eigenvalue weighted by Crippen LogP contribution is -2.18. The molecule has 0 spiro atoms. The zero-order valence-electron chi connectivity index (χ0n) is 11.5. The molecule has 0 saturated heterocycles. The van der Waals surface area contributed by atoms with E-state index in [0.717, 1.165) is 38.7 Å². The molecule has 0 atom stereocenters. The van der Waals surface area contributed by atoms with Crippen LogP contribution in [0.4, 0.5) is 0 Å². The highest BCUT2D eigenvalue weighted by Crippen LogP contribution is 2.05. The van der Waals surface area contributed by atoms with Gasteiger partial charge in [0.05, 0.1) is 12.3 Å². The molecule has 1 rings (SSSR count). The zero-order valence-corrected chi connectivity index (χ0v) is 11.5. The monoisotopic (exact) mass is 239 g/mol. The average Bonchev–Trinajstić information content (AvgIpc) is 2.63. The van der Waals surface area contributed by atoms with Gasteiger partial charge in [0.15, 0.2) is 0 Å². The molecule has 4 heteroatoms. The second-order valence-electron chi connectivity index (χ2n) is 4.70. The number of hydrogen-bond donors (Lipinski definition) is 1. The van der Waals surface area contributed by atoms with E-state index in [4.69, 9.17) is 4.74 Å². The third-order valence-corrected chi connectivity index (χ3v) is 2.60. The van der Waals surface area contributed by atoms with Crippen molar-refractivity contribution in [3.8, 4) is 0 Å². The molecule has 0 unspecified atom stereocenters. The molecule has 4 nitrogen and oxygen atoms in total. The maximum absolute atomic E-state index is 5.61. The molecule has 1 heterocycles. The van der Waals surface area contributed by atoms with Crippen molar-refractivity contribution in [1.29, 1.82) is 0 Å². The highest BCUT2D eigenvalue weighted by Gasteiger charge is 2.05. The van der Waals surface area contributed by atoms with Crippen LogP contribution in [0.25, 0.3) is 0 Å². The van der Waals surface area contributed by atoms with E-state index in [2.05, 4.69) is 35.6 Å². The Morgan fingerprint density at radius 2 is 2.24 bits per heavy atom. The SMILES string of the molecule is CCNCc1cnc(C)n1CCOCC(C)C. The highest BCUT2D eigenvalue weighted by molar-refractivity contribution is 5.04. The quantitative estimate of drug-likeness (QED) is 0.705. The Balaban J connectivity index is 2.42. The third-order valence-electron chi connectivity index (χ3n) is 2.60. The second kappa shape index (κ2) is 7.45. The van der Waals surface area contributed by atoms with Crippen molar-refractivity contribution in [2.45, 2.75) is 40.8 Å². The molecule has 98 valence electrons. The van der Waals surface area contributed by atoms with Gasteiger partial charge in [0.1, 0.15) is 5.82 Å². The largest absolute Gasteiger partial charge is 0.379 e. The molecule has 0 aromatic carbocycles. The van der Waals surface area contributed by atoms with Gasteiger partial charge in [-0.1, -0.05) is 20.8 Å². The van der Waals surface area contributed by atoms with Crippen LogP contribution in [0.15, 0.2) is 6.20 Å². The lowest BCUT2D eigenvalue weighted by atomic mass is 10.2. The van der Waals surface area contributed by atoms with Gasteiger partial charge in [-0.2, -0.15) is 0 Å². The number of hydrogen-bond acceptors (Lipinski definition) is 3. The predicted molar refractivity (Wildman–Crippen MR) is 70.0 cm³/mol. The fourth-order valence-corrected chi connectivity index (χ4v) is 1.69. The molecular weight excluding hydrogens is 214 g/mol. The summed E-state index contributed by atoms with van der Waals surface area (Å²) in [5.74, 6) is 1.66. The summed E-state index contributed by atoms with van der Waals surface area (Å²) in [5.41, 5.74) is 1.23. The number of ether oxygens (including phenoxy) is 1. The van der Waals surface area contributed by atoms with E-state index in [1.54, 1.807) is 0 Å². The van der Waals surface area contributed by atoms with Crippen LogP contribution in [0.3, 0.4) is 0 Å². The fourth-order valence-electron chi connectivity index (χ4n) is 1.69. The molecule has 0 fully saturated rings. The Morgan fingerprint density at radius 3 is 2.88 bits per heavy atom. The second-order valence-corrected chi connectivity index (χ2v) is 4.70. The molecule has 1 N–H and O–H groups in total. The molecule has 0 radical (unpaired) electrons. The van der Waals surface area contributed by atoms with Crippen LogP contribution in [0, 0.1) is 12.8 Å². The topological polar surface area (TPSA) is 39.1 Å². The Bertz CT molecular complexity index is 320. The molecule has 1 aromatic heterocycles. The van der Waals surface area contributed by atoms with Crippen LogP contribution in [-0.4, -0.2) is 29.3 Å². The molecule has 0 aliphatic rings. The molecule has 0 bridgehead atoms. The number of aryl methyl sites for hydroxylation is 1. The average molecular weight is 239 g/mol. The van der Waals surface area contributed by atoms with Crippen LogP contribution in [0.2, 0.25) is 0 Å².